The van der Waals surface area contributed by atoms with Gasteiger partial charge in [-0.3, -0.25) is 24.1 Å². The lowest BCUT2D eigenvalue weighted by atomic mass is 9.73. The average molecular weight is 393 g/mol. The number of amides is 2. The third-order valence-corrected chi connectivity index (χ3v) is 4.20. The molecule has 10 heteroatoms. The van der Waals surface area contributed by atoms with Crippen LogP contribution in [0.3, 0.4) is 0 Å². The number of Topliss-reactive ketones (excluding diaryl/α,β-unsaturated/α-hetero) is 1. The van der Waals surface area contributed by atoms with Gasteiger partial charge < -0.3 is 15.0 Å². The van der Waals surface area contributed by atoms with E-state index in [1.165, 1.54) is 19.9 Å². The van der Waals surface area contributed by atoms with Crippen LogP contribution in [0.2, 0.25) is 0 Å². The molecule has 1 atom stereocenters. The van der Waals surface area contributed by atoms with E-state index in [1.807, 2.05) is 0 Å². The van der Waals surface area contributed by atoms with Crippen LogP contribution in [0.15, 0.2) is 12.7 Å². The smallest absolute Gasteiger partial charge is 0.443 e. The maximum atomic E-state index is 13.1. The molecule has 0 aromatic rings. The van der Waals surface area contributed by atoms with Gasteiger partial charge in [-0.2, -0.15) is 4.79 Å². The second kappa shape index (κ2) is 10.3. The highest BCUT2D eigenvalue weighted by Gasteiger charge is 2.62. The van der Waals surface area contributed by atoms with Crippen LogP contribution in [0, 0.1) is 5.41 Å². The highest BCUT2D eigenvalue weighted by atomic mass is 16.5. The summed E-state index contributed by atoms with van der Waals surface area (Å²) in [4.78, 5) is 66.5. The van der Waals surface area contributed by atoms with Crippen LogP contribution in [-0.4, -0.2) is 64.7 Å². The molecular formula is C18H23N3O7. The molecule has 28 heavy (non-hydrogen) atoms. The lowest BCUT2D eigenvalue weighted by Gasteiger charge is -2.36. The predicted octanol–water partition coefficient (Wildman–Crippen LogP) is 0.454. The molecule has 0 bridgehead atoms. The number of hydrogen-bond donors (Lipinski definition) is 0. The summed E-state index contributed by atoms with van der Waals surface area (Å²) in [6.07, 6.45) is 1.58. The molecular weight excluding hydrogens is 370 g/mol. The van der Waals surface area contributed by atoms with Gasteiger partial charge in [-0.05, 0) is 33.1 Å². The summed E-state index contributed by atoms with van der Waals surface area (Å²) < 4.78 is 9.55. The monoisotopic (exact) mass is 393 g/mol. The number of carbonyl (C=O) groups excluding carboxylic acids is 5. The maximum Gasteiger partial charge on any atom is 0.443 e. The van der Waals surface area contributed by atoms with E-state index in [-0.39, 0.29) is 39.0 Å². The van der Waals surface area contributed by atoms with Crippen LogP contribution in [0.1, 0.15) is 39.5 Å². The van der Waals surface area contributed by atoms with Crippen molar-refractivity contribution in [2.75, 3.05) is 19.8 Å². The molecule has 0 N–H and O–H groups in total. The Morgan fingerprint density at radius 3 is 2.43 bits per heavy atom. The van der Waals surface area contributed by atoms with Crippen molar-refractivity contribution in [1.29, 1.82) is 0 Å². The van der Waals surface area contributed by atoms with Gasteiger partial charge in [0.25, 0.3) is 11.7 Å². The van der Waals surface area contributed by atoms with Crippen molar-refractivity contribution < 1.29 is 38.2 Å². The average Bonchev–Trinajstić information content (AvgIpc) is 2.67. The van der Waals surface area contributed by atoms with Crippen molar-refractivity contribution in [3.8, 4) is 0 Å². The number of ketones is 1. The number of carbonyl (C=O) groups is 5. The molecule has 1 rings (SSSR count). The fourth-order valence-electron chi connectivity index (χ4n) is 2.87. The Hall–Kier alpha value is -3.13. The number of esters is 2. The van der Waals surface area contributed by atoms with Gasteiger partial charge in [-0.15, -0.1) is 6.58 Å². The lowest BCUT2D eigenvalue weighted by molar-refractivity contribution is -0.173. The first-order valence-corrected chi connectivity index (χ1v) is 8.88. The summed E-state index contributed by atoms with van der Waals surface area (Å²) in [5, 5.41) is 0. The molecule has 0 saturated carbocycles. The zero-order chi connectivity index (χ0) is 21.3. The quantitative estimate of drug-likeness (QED) is 0.138. The topological polar surface area (TPSA) is 143 Å². The van der Waals surface area contributed by atoms with Crippen LogP contribution in [0.5, 0.6) is 0 Å². The zero-order valence-corrected chi connectivity index (χ0v) is 15.9. The van der Waals surface area contributed by atoms with Crippen molar-refractivity contribution in [3.05, 3.63) is 18.2 Å². The molecule has 2 amide bonds. The predicted molar refractivity (Wildman–Crippen MR) is 94.7 cm³/mol. The molecule has 0 aromatic carbocycles. The van der Waals surface area contributed by atoms with Gasteiger partial charge >= 0.3 is 17.7 Å². The van der Waals surface area contributed by atoms with Crippen LogP contribution in [0.4, 0.5) is 0 Å². The van der Waals surface area contributed by atoms with Gasteiger partial charge in [0, 0.05) is 13.0 Å². The largest absolute Gasteiger partial charge is 0.465 e. The summed E-state index contributed by atoms with van der Waals surface area (Å²) in [6.45, 7) is 6.17. The van der Waals surface area contributed by atoms with E-state index in [0.29, 0.717) is 6.42 Å². The first-order valence-electron chi connectivity index (χ1n) is 8.88. The Bertz CT molecular complexity index is 739. The number of hydrogen-bond acceptors (Lipinski definition) is 7. The molecule has 1 heterocycles. The second-order valence-electron chi connectivity index (χ2n) is 5.91. The fourth-order valence-corrected chi connectivity index (χ4v) is 2.87. The van der Waals surface area contributed by atoms with Crippen molar-refractivity contribution in [1.82, 2.24) is 4.90 Å². The van der Waals surface area contributed by atoms with E-state index in [0.717, 1.165) is 4.90 Å². The minimum atomic E-state index is -2.49. The number of piperidine rings is 1. The van der Waals surface area contributed by atoms with Crippen molar-refractivity contribution in [3.63, 3.8) is 0 Å². The highest BCUT2D eigenvalue weighted by molar-refractivity contribution is 6.66. The number of allylic oxidation sites excluding steroid dienone is 1. The van der Waals surface area contributed by atoms with Crippen LogP contribution in [-0.2, 0) is 33.4 Å². The standard InChI is InChI=1S/C18H23N3O7/c1-4-7-9-12(22)21-11-8-10-18(16(21)25,17(26)28-6-3)14(23)13(20-19)15(24)27-5-2/h4H,1,5-11H2,2-3H3. The van der Waals surface area contributed by atoms with Crippen LogP contribution in [0.25, 0.3) is 5.53 Å². The fraction of sp³-hybridized carbons (Fsp3) is 0.556. The Labute approximate surface area is 162 Å². The minimum Gasteiger partial charge on any atom is -0.465 e. The van der Waals surface area contributed by atoms with Crippen molar-refractivity contribution >= 4 is 35.2 Å². The number of ether oxygens (including phenoxy) is 2. The summed E-state index contributed by atoms with van der Waals surface area (Å²) in [7, 11) is 0. The first-order chi connectivity index (χ1) is 13.3. The summed E-state index contributed by atoms with van der Waals surface area (Å²) in [5.41, 5.74) is 5.54. The number of rotatable bonds is 9. The Balaban J connectivity index is 3.43. The molecule has 152 valence electrons. The van der Waals surface area contributed by atoms with E-state index in [4.69, 9.17) is 10.3 Å². The van der Waals surface area contributed by atoms with Gasteiger partial charge in [0.2, 0.25) is 11.3 Å². The van der Waals surface area contributed by atoms with E-state index in [2.05, 4.69) is 16.1 Å². The van der Waals surface area contributed by atoms with E-state index >= 15 is 0 Å². The molecule has 10 nitrogen and oxygen atoms in total. The summed E-state index contributed by atoms with van der Waals surface area (Å²) in [5.74, 6) is -5.57. The number of nitrogens with zero attached hydrogens (tertiary/aromatic N) is 3. The molecule has 0 aromatic heterocycles. The second-order valence-corrected chi connectivity index (χ2v) is 5.91. The molecule has 0 radical (unpaired) electrons. The van der Waals surface area contributed by atoms with Crippen LogP contribution >= 0.6 is 0 Å². The van der Waals surface area contributed by atoms with Crippen LogP contribution < -0.4 is 0 Å². The van der Waals surface area contributed by atoms with Crippen molar-refractivity contribution in [2.24, 2.45) is 5.41 Å². The minimum absolute atomic E-state index is 0.00819. The molecule has 1 aliphatic heterocycles. The van der Waals surface area contributed by atoms with Crippen molar-refractivity contribution in [2.45, 2.75) is 39.5 Å². The molecule has 1 unspecified atom stereocenters. The first kappa shape index (κ1) is 22.9. The maximum absolute atomic E-state index is 13.1. The summed E-state index contributed by atoms with van der Waals surface area (Å²) in [6, 6.07) is 0. The number of likely N-dealkylation sites (tertiary alicyclic amines) is 1. The zero-order valence-electron chi connectivity index (χ0n) is 15.9. The summed E-state index contributed by atoms with van der Waals surface area (Å²) >= 11 is 0. The van der Waals surface area contributed by atoms with Gasteiger partial charge in [-0.25, -0.2) is 4.79 Å². The third kappa shape index (κ3) is 4.40. The van der Waals surface area contributed by atoms with E-state index < -0.39 is 40.7 Å². The van der Waals surface area contributed by atoms with Gasteiger partial charge in [0.05, 0.1) is 13.2 Å². The van der Waals surface area contributed by atoms with Gasteiger partial charge in [0.1, 0.15) is 0 Å². The molecule has 1 fully saturated rings. The lowest BCUT2D eigenvalue weighted by Crippen LogP contribution is -2.61. The SMILES string of the molecule is C=CCCC(=O)N1CCCC(C(=O)OCC)(C(=O)C(=[N+]=[N-])C(=O)OCC)C1=O. The number of imide groups is 1. The van der Waals surface area contributed by atoms with E-state index in [9.17, 15) is 24.0 Å². The van der Waals surface area contributed by atoms with E-state index in [1.54, 1.807) is 0 Å². The highest BCUT2D eigenvalue weighted by Crippen LogP contribution is 2.35. The third-order valence-electron chi connectivity index (χ3n) is 4.20. The molecule has 0 aliphatic carbocycles. The molecule has 1 saturated heterocycles. The Morgan fingerprint density at radius 2 is 1.89 bits per heavy atom. The normalized spacial score (nSPS) is 18.6. The van der Waals surface area contributed by atoms with Gasteiger partial charge in [-0.1, -0.05) is 6.08 Å². The van der Waals surface area contributed by atoms with Gasteiger partial charge in [0.15, 0.2) is 0 Å². The molecule has 0 spiro atoms. The molecule has 1 aliphatic rings. The Kier molecular flexibility index (Phi) is 8.40. The Morgan fingerprint density at radius 1 is 1.25 bits per heavy atom.